The van der Waals surface area contributed by atoms with Crippen LogP contribution in [0, 0.1) is 0 Å². The fourth-order valence-electron chi connectivity index (χ4n) is 3.02. The van der Waals surface area contributed by atoms with Crippen LogP contribution < -0.4 is 5.32 Å². The van der Waals surface area contributed by atoms with E-state index in [0.29, 0.717) is 5.56 Å². The van der Waals surface area contributed by atoms with Crippen molar-refractivity contribution < 1.29 is 14.3 Å². The SMILES string of the molecule is C1CCNCC1.CCCCCCCC=C(C(=O)OCC)C(=O)c1ccccc1. The summed E-state index contributed by atoms with van der Waals surface area (Å²) >= 11 is 0. The fourth-order valence-corrected chi connectivity index (χ4v) is 3.02. The van der Waals surface area contributed by atoms with Gasteiger partial charge in [-0.1, -0.05) is 75.4 Å². The summed E-state index contributed by atoms with van der Waals surface area (Å²) in [5, 5.41) is 3.28. The predicted molar refractivity (Wildman–Crippen MR) is 116 cm³/mol. The van der Waals surface area contributed by atoms with Crippen LogP contribution in [-0.2, 0) is 9.53 Å². The molecule has 0 bridgehead atoms. The number of carbonyl (C=O) groups excluding carboxylic acids is 2. The topological polar surface area (TPSA) is 55.4 Å². The minimum atomic E-state index is -0.523. The summed E-state index contributed by atoms with van der Waals surface area (Å²) in [7, 11) is 0. The van der Waals surface area contributed by atoms with Crippen molar-refractivity contribution in [3.05, 3.63) is 47.5 Å². The number of unbranched alkanes of at least 4 members (excludes halogenated alkanes) is 5. The van der Waals surface area contributed by atoms with Crippen LogP contribution in [0.25, 0.3) is 0 Å². The summed E-state index contributed by atoms with van der Waals surface area (Å²) in [5.74, 6) is -0.780. The molecule has 0 atom stereocenters. The first-order chi connectivity index (χ1) is 13.7. The second-order valence-electron chi connectivity index (χ2n) is 7.05. The minimum Gasteiger partial charge on any atom is -0.462 e. The first kappa shape index (κ1) is 24.1. The number of hydrogen-bond donors (Lipinski definition) is 1. The quantitative estimate of drug-likeness (QED) is 0.144. The number of rotatable bonds is 10. The van der Waals surface area contributed by atoms with Crippen LogP contribution in [-0.4, -0.2) is 31.4 Å². The van der Waals surface area contributed by atoms with Crippen LogP contribution in [0.4, 0.5) is 0 Å². The van der Waals surface area contributed by atoms with Gasteiger partial charge < -0.3 is 10.1 Å². The van der Waals surface area contributed by atoms with E-state index >= 15 is 0 Å². The molecule has 1 aromatic carbocycles. The monoisotopic (exact) mass is 387 g/mol. The lowest BCUT2D eigenvalue weighted by Gasteiger charge is -2.08. The van der Waals surface area contributed by atoms with Crippen molar-refractivity contribution in [2.45, 2.75) is 71.6 Å². The zero-order chi connectivity index (χ0) is 20.5. The Morgan fingerprint density at radius 3 is 2.18 bits per heavy atom. The number of Topliss-reactive ketones (excluding diaryl/α,β-unsaturated/α-hetero) is 1. The Kier molecular flexibility index (Phi) is 13.8. The number of benzene rings is 1. The van der Waals surface area contributed by atoms with Gasteiger partial charge in [-0.05, 0) is 45.7 Å². The number of carbonyl (C=O) groups is 2. The van der Waals surface area contributed by atoms with Gasteiger partial charge in [0.1, 0.15) is 5.57 Å². The number of piperidine rings is 1. The Morgan fingerprint density at radius 2 is 1.64 bits per heavy atom. The molecule has 0 aromatic heterocycles. The highest BCUT2D eigenvalue weighted by Crippen LogP contribution is 2.13. The largest absolute Gasteiger partial charge is 0.462 e. The number of ether oxygens (including phenoxy) is 1. The zero-order valence-corrected chi connectivity index (χ0v) is 17.7. The van der Waals surface area contributed by atoms with Gasteiger partial charge in [-0.2, -0.15) is 0 Å². The molecule has 28 heavy (non-hydrogen) atoms. The third kappa shape index (κ3) is 10.4. The standard InChI is InChI=1S/C19H26O3.C5H11N/c1-3-5-6-7-8-12-15-17(19(21)22-4-2)18(20)16-13-10-9-11-14-16;1-2-4-6-5-3-1/h9-11,13-15H,3-8,12H2,1-2H3;6H,1-5H2. The van der Waals surface area contributed by atoms with Gasteiger partial charge in [-0.15, -0.1) is 0 Å². The van der Waals surface area contributed by atoms with E-state index in [1.807, 2.05) is 6.07 Å². The third-order valence-electron chi connectivity index (χ3n) is 4.64. The van der Waals surface area contributed by atoms with E-state index < -0.39 is 5.97 Å². The first-order valence-corrected chi connectivity index (χ1v) is 10.9. The maximum absolute atomic E-state index is 12.5. The maximum atomic E-state index is 12.5. The van der Waals surface area contributed by atoms with Crippen LogP contribution in [0.3, 0.4) is 0 Å². The molecular weight excluding hydrogens is 350 g/mol. The highest BCUT2D eigenvalue weighted by atomic mass is 16.5. The van der Waals surface area contributed by atoms with E-state index in [0.717, 1.165) is 19.3 Å². The molecular formula is C24H37NO3. The molecule has 1 aliphatic rings. The van der Waals surface area contributed by atoms with Gasteiger partial charge in [0.25, 0.3) is 0 Å². The maximum Gasteiger partial charge on any atom is 0.341 e. The van der Waals surface area contributed by atoms with Crippen LogP contribution in [0.5, 0.6) is 0 Å². The molecule has 1 heterocycles. The molecule has 1 N–H and O–H groups in total. The van der Waals surface area contributed by atoms with E-state index in [1.165, 1.54) is 51.6 Å². The van der Waals surface area contributed by atoms with Gasteiger partial charge in [0, 0.05) is 5.56 Å². The first-order valence-electron chi connectivity index (χ1n) is 10.9. The molecule has 0 saturated carbocycles. The van der Waals surface area contributed by atoms with Gasteiger partial charge in [-0.25, -0.2) is 4.79 Å². The van der Waals surface area contributed by atoms with Gasteiger partial charge in [0.15, 0.2) is 5.78 Å². The second-order valence-corrected chi connectivity index (χ2v) is 7.05. The third-order valence-corrected chi connectivity index (χ3v) is 4.64. The van der Waals surface area contributed by atoms with Crippen molar-refractivity contribution in [2.24, 2.45) is 0 Å². The van der Waals surface area contributed by atoms with Crippen molar-refractivity contribution in [1.82, 2.24) is 5.32 Å². The highest BCUT2D eigenvalue weighted by molar-refractivity contribution is 6.24. The van der Waals surface area contributed by atoms with Crippen LogP contribution in [0.2, 0.25) is 0 Å². The molecule has 0 unspecified atom stereocenters. The van der Waals surface area contributed by atoms with E-state index in [4.69, 9.17) is 4.74 Å². The summed E-state index contributed by atoms with van der Waals surface area (Å²) in [6, 6.07) is 8.87. The summed E-state index contributed by atoms with van der Waals surface area (Å²) in [4.78, 5) is 24.5. The Hall–Kier alpha value is -1.94. The molecule has 0 spiro atoms. The Balaban J connectivity index is 0.000000552. The van der Waals surface area contributed by atoms with Crippen molar-refractivity contribution in [3.63, 3.8) is 0 Å². The van der Waals surface area contributed by atoms with Crippen molar-refractivity contribution in [2.75, 3.05) is 19.7 Å². The number of hydrogen-bond acceptors (Lipinski definition) is 4. The van der Waals surface area contributed by atoms with Gasteiger partial charge in [0.05, 0.1) is 6.61 Å². The number of esters is 1. The second kappa shape index (κ2) is 16.1. The molecule has 156 valence electrons. The smallest absolute Gasteiger partial charge is 0.341 e. The summed E-state index contributed by atoms with van der Waals surface area (Å²) in [6.45, 7) is 6.69. The lowest BCUT2D eigenvalue weighted by molar-refractivity contribution is -0.138. The summed E-state index contributed by atoms with van der Waals surface area (Å²) in [6.07, 6.45) is 12.4. The average Bonchev–Trinajstić information content (AvgIpc) is 2.75. The number of nitrogens with one attached hydrogen (secondary N) is 1. The number of allylic oxidation sites excluding steroid dienone is 1. The molecule has 0 aliphatic carbocycles. The van der Waals surface area contributed by atoms with Gasteiger partial charge in [-0.3, -0.25) is 4.79 Å². The van der Waals surface area contributed by atoms with Crippen molar-refractivity contribution >= 4 is 11.8 Å². The van der Waals surface area contributed by atoms with Crippen LogP contribution in [0.1, 0.15) is 82.0 Å². The summed E-state index contributed by atoms with van der Waals surface area (Å²) < 4.78 is 5.01. The van der Waals surface area contributed by atoms with Crippen LogP contribution >= 0.6 is 0 Å². The van der Waals surface area contributed by atoms with Gasteiger partial charge in [0.2, 0.25) is 0 Å². The predicted octanol–water partition coefficient (Wildman–Crippen LogP) is 5.48. The molecule has 1 saturated heterocycles. The van der Waals surface area contributed by atoms with E-state index in [1.54, 1.807) is 37.3 Å². The molecule has 1 aliphatic heterocycles. The molecule has 4 heteroatoms. The Bertz CT molecular complexity index is 565. The molecule has 1 fully saturated rings. The van der Waals surface area contributed by atoms with Crippen molar-refractivity contribution in [3.8, 4) is 0 Å². The fraction of sp³-hybridized carbons (Fsp3) is 0.583. The molecule has 0 amide bonds. The van der Waals surface area contributed by atoms with E-state index in [2.05, 4.69) is 12.2 Å². The molecule has 2 rings (SSSR count). The summed E-state index contributed by atoms with van der Waals surface area (Å²) in [5.41, 5.74) is 0.677. The Morgan fingerprint density at radius 1 is 0.964 bits per heavy atom. The molecule has 0 radical (unpaired) electrons. The van der Waals surface area contributed by atoms with Crippen molar-refractivity contribution in [1.29, 1.82) is 0 Å². The van der Waals surface area contributed by atoms with E-state index in [-0.39, 0.29) is 18.0 Å². The normalized spacial score (nSPS) is 14.0. The Labute approximate surface area is 170 Å². The lowest BCUT2D eigenvalue weighted by atomic mass is 10.0. The molecule has 1 aromatic rings. The van der Waals surface area contributed by atoms with Crippen LogP contribution in [0.15, 0.2) is 42.0 Å². The zero-order valence-electron chi connectivity index (χ0n) is 17.7. The molecule has 4 nitrogen and oxygen atoms in total. The van der Waals surface area contributed by atoms with E-state index in [9.17, 15) is 9.59 Å². The lowest BCUT2D eigenvalue weighted by Crippen LogP contribution is -2.21. The van der Waals surface area contributed by atoms with Gasteiger partial charge >= 0.3 is 5.97 Å². The number of ketones is 1. The highest BCUT2D eigenvalue weighted by Gasteiger charge is 2.20. The average molecular weight is 388 g/mol. The minimum absolute atomic E-state index is 0.156.